The summed E-state index contributed by atoms with van der Waals surface area (Å²) in [7, 11) is 0. The lowest BCUT2D eigenvalue weighted by molar-refractivity contribution is -0.00177. The molecule has 3 N–H and O–H groups in total. The first-order valence-electron chi connectivity index (χ1n) is 12.2. The van der Waals surface area contributed by atoms with Crippen LogP contribution in [0.15, 0.2) is 36.7 Å². The van der Waals surface area contributed by atoms with Crippen molar-refractivity contribution in [1.82, 2.24) is 24.8 Å². The quantitative estimate of drug-likeness (QED) is 0.465. The van der Waals surface area contributed by atoms with Gasteiger partial charge in [-0.1, -0.05) is 0 Å². The summed E-state index contributed by atoms with van der Waals surface area (Å²) in [4.78, 5) is 20.0. The van der Waals surface area contributed by atoms with Crippen LogP contribution in [-0.2, 0) is 0 Å². The van der Waals surface area contributed by atoms with Crippen LogP contribution >= 0.6 is 0 Å². The Bertz CT molecular complexity index is 1320. The van der Waals surface area contributed by atoms with Crippen LogP contribution in [-0.4, -0.2) is 74.5 Å². The zero-order chi connectivity index (χ0) is 25.4. The summed E-state index contributed by atoms with van der Waals surface area (Å²) in [6.45, 7) is 5.53. The summed E-state index contributed by atoms with van der Waals surface area (Å²) in [6, 6.07) is 9.61. The van der Waals surface area contributed by atoms with Gasteiger partial charge in [-0.2, -0.15) is 10.4 Å². The van der Waals surface area contributed by atoms with Crippen molar-refractivity contribution < 1.29 is 14.3 Å². The van der Waals surface area contributed by atoms with Crippen molar-refractivity contribution in [3.63, 3.8) is 0 Å². The van der Waals surface area contributed by atoms with Crippen molar-refractivity contribution in [2.75, 3.05) is 31.5 Å². The van der Waals surface area contributed by atoms with Gasteiger partial charge in [0.2, 0.25) is 0 Å². The maximum atomic E-state index is 14.3. The topological polar surface area (TPSA) is 119 Å². The Labute approximate surface area is 208 Å². The zero-order valence-corrected chi connectivity index (χ0v) is 20.4. The van der Waals surface area contributed by atoms with E-state index in [1.807, 2.05) is 18.2 Å². The second-order valence-electron chi connectivity index (χ2n) is 10.2. The molecular weight excluding hydrogens is 461 g/mol. The summed E-state index contributed by atoms with van der Waals surface area (Å²) in [5.74, 6) is 0.0645. The molecule has 6 rings (SSSR count). The van der Waals surface area contributed by atoms with Gasteiger partial charge in [-0.3, -0.25) is 9.78 Å². The van der Waals surface area contributed by atoms with Gasteiger partial charge >= 0.3 is 0 Å². The normalized spacial score (nSPS) is 22.2. The van der Waals surface area contributed by atoms with Crippen LogP contribution in [0.5, 0.6) is 0 Å². The van der Waals surface area contributed by atoms with Crippen molar-refractivity contribution in [2.45, 2.75) is 44.5 Å². The van der Waals surface area contributed by atoms with Gasteiger partial charge in [0.25, 0.3) is 5.91 Å². The predicted molar refractivity (Wildman–Crippen MR) is 133 cm³/mol. The molecule has 0 aromatic carbocycles. The number of nitrogens with one attached hydrogen (secondary N) is 2. The first-order valence-corrected chi connectivity index (χ1v) is 12.2. The smallest absolute Gasteiger partial charge is 0.255 e. The molecule has 3 aromatic heterocycles. The standard InChI is InChI=1S/C26H30FN7O2/c1-26(2,36)24(27)14-30-25(35)19-13-29-21(23-4-3-18-9-16(11-28)12-31-34(18)23)10-20(19)32-22-15-33-7-5-17(22)6-8-33/h3-4,9-10,12-13,17,22,24,36H,5-8,14-15H2,1-2H3,(H,29,32)(H,30,35). The number of pyridine rings is 1. The van der Waals surface area contributed by atoms with Crippen LogP contribution in [0.4, 0.5) is 10.1 Å². The minimum Gasteiger partial charge on any atom is -0.387 e. The number of alkyl halides is 1. The molecule has 1 amide bonds. The number of aliphatic hydroxyl groups is 1. The highest BCUT2D eigenvalue weighted by atomic mass is 19.1. The molecular formula is C26H30FN7O2. The summed E-state index contributed by atoms with van der Waals surface area (Å²) in [6.07, 6.45) is 3.61. The molecule has 0 aliphatic carbocycles. The van der Waals surface area contributed by atoms with Crippen LogP contribution in [0.2, 0.25) is 0 Å². The summed E-state index contributed by atoms with van der Waals surface area (Å²) in [5.41, 5.74) is 1.96. The van der Waals surface area contributed by atoms with E-state index in [0.717, 1.165) is 43.7 Å². The Hall–Kier alpha value is -3.55. The van der Waals surface area contributed by atoms with Gasteiger partial charge in [-0.15, -0.1) is 0 Å². The number of rotatable bonds is 7. The Morgan fingerprint density at radius 1 is 1.31 bits per heavy atom. The molecule has 2 bridgehead atoms. The van der Waals surface area contributed by atoms with Crippen LogP contribution in [0.25, 0.3) is 16.9 Å². The van der Waals surface area contributed by atoms with E-state index in [1.54, 1.807) is 10.6 Å². The maximum Gasteiger partial charge on any atom is 0.255 e. The van der Waals surface area contributed by atoms with Gasteiger partial charge in [0.15, 0.2) is 0 Å². The van der Waals surface area contributed by atoms with Crippen LogP contribution in [0.3, 0.4) is 0 Å². The zero-order valence-electron chi connectivity index (χ0n) is 20.4. The molecule has 2 unspecified atom stereocenters. The summed E-state index contributed by atoms with van der Waals surface area (Å²) < 4.78 is 16.0. The third-order valence-corrected chi connectivity index (χ3v) is 7.25. The number of aromatic nitrogens is 3. The minimum absolute atomic E-state index is 0.194. The number of amides is 1. The predicted octanol–water partition coefficient (Wildman–Crippen LogP) is 2.61. The molecule has 36 heavy (non-hydrogen) atoms. The molecule has 3 aromatic rings. The average Bonchev–Trinajstić information content (AvgIpc) is 3.30. The van der Waals surface area contributed by atoms with Crippen molar-refractivity contribution in [1.29, 1.82) is 5.26 Å². The highest BCUT2D eigenvalue weighted by Crippen LogP contribution is 2.32. The van der Waals surface area contributed by atoms with E-state index in [0.29, 0.717) is 28.4 Å². The number of carbonyl (C=O) groups is 1. The molecule has 188 valence electrons. The third kappa shape index (κ3) is 4.76. The monoisotopic (exact) mass is 491 g/mol. The molecule has 0 spiro atoms. The highest BCUT2D eigenvalue weighted by Gasteiger charge is 2.35. The number of hydrogen-bond acceptors (Lipinski definition) is 7. The Kier molecular flexibility index (Phi) is 6.36. The Morgan fingerprint density at radius 3 is 2.75 bits per heavy atom. The van der Waals surface area contributed by atoms with Crippen molar-refractivity contribution in [2.24, 2.45) is 5.92 Å². The summed E-state index contributed by atoms with van der Waals surface area (Å²) >= 11 is 0. The lowest BCUT2D eigenvalue weighted by atomic mass is 9.84. The van der Waals surface area contributed by atoms with E-state index in [1.165, 1.54) is 26.2 Å². The molecule has 0 saturated carbocycles. The fourth-order valence-corrected chi connectivity index (χ4v) is 5.01. The average molecular weight is 492 g/mol. The van der Waals surface area contributed by atoms with E-state index in [2.05, 4.69) is 31.7 Å². The lowest BCUT2D eigenvalue weighted by Gasteiger charge is -2.45. The number of nitriles is 1. The van der Waals surface area contributed by atoms with Gasteiger partial charge in [0.1, 0.15) is 12.2 Å². The number of anilines is 1. The fraction of sp³-hybridized carbons (Fsp3) is 0.462. The number of fused-ring (bicyclic) bond motifs is 4. The number of halogens is 1. The number of nitrogens with zero attached hydrogens (tertiary/aromatic N) is 5. The second kappa shape index (κ2) is 9.48. The van der Waals surface area contributed by atoms with Crippen molar-refractivity contribution in [3.05, 3.63) is 47.8 Å². The third-order valence-electron chi connectivity index (χ3n) is 7.25. The van der Waals surface area contributed by atoms with Gasteiger partial charge in [-0.25, -0.2) is 8.91 Å². The lowest BCUT2D eigenvalue weighted by Crippen LogP contribution is -2.53. The number of piperidine rings is 3. The first-order chi connectivity index (χ1) is 17.2. The Morgan fingerprint density at radius 2 is 2.08 bits per heavy atom. The molecule has 9 nitrogen and oxygen atoms in total. The first kappa shape index (κ1) is 24.2. The van der Waals surface area contributed by atoms with E-state index in [9.17, 15) is 14.3 Å². The molecule has 3 saturated heterocycles. The number of carbonyl (C=O) groups excluding carboxylic acids is 1. The minimum atomic E-state index is -1.61. The molecule has 2 atom stereocenters. The molecule has 3 aliphatic rings. The van der Waals surface area contributed by atoms with E-state index in [4.69, 9.17) is 5.26 Å². The number of hydrogen-bond donors (Lipinski definition) is 3. The maximum absolute atomic E-state index is 14.3. The molecule has 0 radical (unpaired) electrons. The van der Waals surface area contributed by atoms with Gasteiger partial charge in [0, 0.05) is 18.8 Å². The van der Waals surface area contributed by atoms with Crippen LogP contribution < -0.4 is 10.6 Å². The van der Waals surface area contributed by atoms with E-state index < -0.39 is 17.7 Å². The van der Waals surface area contributed by atoms with E-state index in [-0.39, 0.29) is 12.6 Å². The Balaban J connectivity index is 1.47. The molecule has 3 fully saturated rings. The van der Waals surface area contributed by atoms with E-state index >= 15 is 0 Å². The van der Waals surface area contributed by atoms with Crippen molar-refractivity contribution >= 4 is 17.1 Å². The van der Waals surface area contributed by atoms with Gasteiger partial charge in [-0.05, 0) is 70.0 Å². The second-order valence-corrected chi connectivity index (χ2v) is 10.2. The fourth-order valence-electron chi connectivity index (χ4n) is 5.01. The molecule has 6 heterocycles. The van der Waals surface area contributed by atoms with Crippen LogP contribution in [0.1, 0.15) is 42.6 Å². The highest BCUT2D eigenvalue weighted by molar-refractivity contribution is 6.00. The van der Waals surface area contributed by atoms with Crippen molar-refractivity contribution in [3.8, 4) is 17.5 Å². The largest absolute Gasteiger partial charge is 0.387 e. The molecule has 3 aliphatic heterocycles. The van der Waals surface area contributed by atoms with Crippen LogP contribution in [0, 0.1) is 17.2 Å². The SMILES string of the molecule is CC(C)(O)C(F)CNC(=O)c1cnc(-c2ccc3cc(C#N)cnn23)cc1NC1CN2CCC1CC2. The van der Waals surface area contributed by atoms with Gasteiger partial charge in [0.05, 0.1) is 52.1 Å². The summed E-state index contributed by atoms with van der Waals surface area (Å²) in [5, 5.41) is 29.6. The molecule has 10 heteroatoms. The van der Waals surface area contributed by atoms with Gasteiger partial charge < -0.3 is 20.6 Å².